The third-order valence-corrected chi connectivity index (χ3v) is 4.03. The molecule has 0 aliphatic rings. The molecule has 0 atom stereocenters. The highest BCUT2D eigenvalue weighted by atomic mass is 32.2. The minimum Gasteiger partial charge on any atom is -0.355 e. The molecule has 0 saturated heterocycles. The van der Waals surface area contributed by atoms with E-state index in [0.717, 1.165) is 17.5 Å². The average molecular weight is 315 g/mol. The Morgan fingerprint density at radius 1 is 1.14 bits per heavy atom. The number of hydrogen-bond acceptors (Lipinski definition) is 4. The van der Waals surface area contributed by atoms with Crippen LogP contribution in [-0.4, -0.2) is 27.7 Å². The molecule has 0 unspecified atom stereocenters. The van der Waals surface area contributed by atoms with E-state index in [1.807, 2.05) is 23.9 Å². The summed E-state index contributed by atoms with van der Waals surface area (Å²) in [6.07, 6.45) is 6.20. The van der Waals surface area contributed by atoms with Gasteiger partial charge in [0.1, 0.15) is 6.33 Å². The number of aromatic nitrogens is 2. The third-order valence-electron chi connectivity index (χ3n) is 3.01. The summed E-state index contributed by atoms with van der Waals surface area (Å²) < 4.78 is 0. The second-order valence-electron chi connectivity index (χ2n) is 5.33. The Kier molecular flexibility index (Phi) is 6.40. The number of amides is 1. The molecule has 1 aromatic carbocycles. The monoisotopic (exact) mass is 315 g/mol. The lowest BCUT2D eigenvalue weighted by Crippen LogP contribution is -2.27. The van der Waals surface area contributed by atoms with Gasteiger partial charge in [0.2, 0.25) is 5.91 Å². The summed E-state index contributed by atoms with van der Waals surface area (Å²) >= 11 is 1.83. The van der Waals surface area contributed by atoms with Crippen LogP contribution in [0.15, 0.2) is 47.9 Å². The molecule has 0 spiro atoms. The normalized spacial score (nSPS) is 10.7. The Hall–Kier alpha value is -1.88. The Balaban J connectivity index is 1.74. The number of carbonyl (C=O) groups excluding carboxylic acids is 1. The van der Waals surface area contributed by atoms with E-state index in [9.17, 15) is 4.79 Å². The van der Waals surface area contributed by atoms with Crippen LogP contribution in [0, 0.1) is 0 Å². The zero-order chi connectivity index (χ0) is 15.8. The average Bonchev–Trinajstić information content (AvgIpc) is 2.50. The van der Waals surface area contributed by atoms with Crippen molar-refractivity contribution < 1.29 is 4.79 Å². The van der Waals surface area contributed by atoms with Crippen LogP contribution < -0.4 is 5.32 Å². The first-order valence-electron chi connectivity index (χ1n) is 7.39. The molecule has 0 aliphatic heterocycles. The van der Waals surface area contributed by atoms with Gasteiger partial charge < -0.3 is 5.32 Å². The molecule has 1 heterocycles. The van der Waals surface area contributed by atoms with Crippen molar-refractivity contribution in [1.29, 1.82) is 0 Å². The van der Waals surface area contributed by atoms with Crippen molar-refractivity contribution in [3.63, 3.8) is 0 Å². The summed E-state index contributed by atoms with van der Waals surface area (Å²) in [6.45, 7) is 4.95. The second kappa shape index (κ2) is 8.54. The van der Waals surface area contributed by atoms with Gasteiger partial charge in [0, 0.05) is 29.1 Å². The number of nitrogens with one attached hydrogen (secondary N) is 1. The summed E-state index contributed by atoms with van der Waals surface area (Å²) in [7, 11) is 0. The van der Waals surface area contributed by atoms with Crippen LogP contribution in [0.1, 0.15) is 25.0 Å². The fourth-order valence-corrected chi connectivity index (χ4v) is 2.85. The minimum atomic E-state index is 0.0427. The molecular formula is C17H21N3OS. The molecule has 1 N–H and O–H groups in total. The summed E-state index contributed by atoms with van der Waals surface area (Å²) in [5.74, 6) is 0.0427. The van der Waals surface area contributed by atoms with E-state index in [4.69, 9.17) is 0 Å². The maximum absolute atomic E-state index is 11.9. The first kappa shape index (κ1) is 16.5. The predicted molar refractivity (Wildman–Crippen MR) is 89.9 cm³/mol. The van der Waals surface area contributed by atoms with E-state index in [0.29, 0.717) is 18.2 Å². The van der Waals surface area contributed by atoms with Crippen LogP contribution in [0.3, 0.4) is 0 Å². The van der Waals surface area contributed by atoms with Crippen molar-refractivity contribution >= 4 is 17.7 Å². The van der Waals surface area contributed by atoms with Gasteiger partial charge >= 0.3 is 0 Å². The van der Waals surface area contributed by atoms with Gasteiger partial charge in [0.15, 0.2) is 0 Å². The Labute approximate surface area is 135 Å². The summed E-state index contributed by atoms with van der Waals surface area (Å²) in [5, 5.41) is 3.49. The Bertz CT molecular complexity index is 585. The molecule has 5 heteroatoms. The highest BCUT2D eigenvalue weighted by molar-refractivity contribution is 7.99. The second-order valence-corrected chi connectivity index (χ2v) is 6.98. The number of rotatable bonds is 7. The molecule has 0 fully saturated rings. The van der Waals surface area contributed by atoms with Crippen molar-refractivity contribution in [3.05, 3.63) is 54.1 Å². The van der Waals surface area contributed by atoms with Gasteiger partial charge in [-0.15, -0.1) is 11.8 Å². The molecule has 22 heavy (non-hydrogen) atoms. The highest BCUT2D eigenvalue weighted by Crippen LogP contribution is 2.22. The van der Waals surface area contributed by atoms with E-state index in [-0.39, 0.29) is 5.91 Å². The van der Waals surface area contributed by atoms with Gasteiger partial charge in [-0.1, -0.05) is 26.0 Å². The van der Waals surface area contributed by atoms with E-state index in [2.05, 4.69) is 41.3 Å². The lowest BCUT2D eigenvalue weighted by atomic mass is 10.1. The van der Waals surface area contributed by atoms with Crippen LogP contribution >= 0.6 is 11.8 Å². The van der Waals surface area contributed by atoms with E-state index < -0.39 is 0 Å². The number of hydrogen-bond donors (Lipinski definition) is 1. The predicted octanol–water partition coefficient (Wildman–Crippen LogP) is 2.88. The Morgan fingerprint density at radius 2 is 1.82 bits per heavy atom. The van der Waals surface area contributed by atoms with Crippen LogP contribution in [0.5, 0.6) is 0 Å². The molecule has 1 aromatic heterocycles. The van der Waals surface area contributed by atoms with Crippen molar-refractivity contribution in [2.24, 2.45) is 0 Å². The molecule has 116 valence electrons. The maximum Gasteiger partial charge on any atom is 0.224 e. The van der Waals surface area contributed by atoms with E-state index in [1.165, 1.54) is 11.2 Å². The van der Waals surface area contributed by atoms with Crippen molar-refractivity contribution in [2.45, 2.75) is 36.8 Å². The number of nitrogens with zero attached hydrogens (tertiary/aromatic N) is 2. The van der Waals surface area contributed by atoms with Gasteiger partial charge in [-0.2, -0.15) is 0 Å². The van der Waals surface area contributed by atoms with Gasteiger partial charge in [-0.3, -0.25) is 4.79 Å². The first-order valence-corrected chi connectivity index (χ1v) is 8.27. The van der Waals surface area contributed by atoms with E-state index in [1.54, 1.807) is 12.4 Å². The third kappa shape index (κ3) is 5.85. The van der Waals surface area contributed by atoms with Gasteiger partial charge in [-0.25, -0.2) is 9.97 Å². The molecule has 0 bridgehead atoms. The topological polar surface area (TPSA) is 54.9 Å². The SMILES string of the molecule is CC(C)Sc1ccc(CC(=O)NCCc2cncnc2)cc1. The molecule has 1 amide bonds. The lowest BCUT2D eigenvalue weighted by molar-refractivity contribution is -0.120. The smallest absolute Gasteiger partial charge is 0.224 e. The maximum atomic E-state index is 11.9. The molecule has 0 saturated carbocycles. The molecule has 0 aliphatic carbocycles. The summed E-state index contributed by atoms with van der Waals surface area (Å²) in [4.78, 5) is 21.1. The number of carbonyl (C=O) groups is 1. The van der Waals surface area contributed by atoms with Crippen LogP contribution in [0.25, 0.3) is 0 Å². The van der Waals surface area contributed by atoms with Gasteiger partial charge in [0.05, 0.1) is 6.42 Å². The zero-order valence-electron chi connectivity index (χ0n) is 13.0. The molecule has 0 radical (unpaired) electrons. The fourth-order valence-electron chi connectivity index (χ4n) is 2.01. The summed E-state index contributed by atoms with van der Waals surface area (Å²) in [6, 6.07) is 8.20. The minimum absolute atomic E-state index is 0.0427. The largest absolute Gasteiger partial charge is 0.355 e. The van der Waals surface area contributed by atoms with Crippen molar-refractivity contribution in [1.82, 2.24) is 15.3 Å². The van der Waals surface area contributed by atoms with Crippen molar-refractivity contribution in [3.8, 4) is 0 Å². The van der Waals surface area contributed by atoms with Gasteiger partial charge in [0.25, 0.3) is 0 Å². The zero-order valence-corrected chi connectivity index (χ0v) is 13.8. The number of thioether (sulfide) groups is 1. The fraction of sp³-hybridized carbons (Fsp3) is 0.353. The lowest BCUT2D eigenvalue weighted by Gasteiger charge is -2.07. The summed E-state index contributed by atoms with van der Waals surface area (Å²) in [5.41, 5.74) is 2.06. The highest BCUT2D eigenvalue weighted by Gasteiger charge is 2.04. The van der Waals surface area contributed by atoms with Crippen LogP contribution in [-0.2, 0) is 17.6 Å². The quantitative estimate of drug-likeness (QED) is 0.798. The molecule has 4 nitrogen and oxygen atoms in total. The van der Waals surface area contributed by atoms with Crippen LogP contribution in [0.4, 0.5) is 0 Å². The van der Waals surface area contributed by atoms with Crippen molar-refractivity contribution in [2.75, 3.05) is 6.54 Å². The Morgan fingerprint density at radius 3 is 2.45 bits per heavy atom. The molecule has 2 aromatic rings. The molecule has 2 rings (SSSR count). The first-order chi connectivity index (χ1) is 10.6. The number of benzene rings is 1. The van der Waals surface area contributed by atoms with E-state index >= 15 is 0 Å². The van der Waals surface area contributed by atoms with Crippen LogP contribution in [0.2, 0.25) is 0 Å². The standard InChI is InChI=1S/C17H21N3OS/c1-13(2)22-16-5-3-14(4-6-16)9-17(21)20-8-7-15-10-18-12-19-11-15/h3-6,10-13H,7-9H2,1-2H3,(H,20,21). The molecular weight excluding hydrogens is 294 g/mol. The van der Waals surface area contributed by atoms with Gasteiger partial charge in [-0.05, 0) is 29.7 Å².